The second kappa shape index (κ2) is 12.8. The number of fused-ring (bicyclic) bond motifs is 1. The number of esters is 1. The Morgan fingerprint density at radius 3 is 2.51 bits per heavy atom. The molecule has 0 aliphatic rings. The van der Waals surface area contributed by atoms with Crippen LogP contribution in [-0.4, -0.2) is 45.6 Å². The lowest BCUT2D eigenvalue weighted by Gasteiger charge is -2.18. The predicted octanol–water partition coefficient (Wildman–Crippen LogP) is 4.65. The summed E-state index contributed by atoms with van der Waals surface area (Å²) < 4.78 is 6.23. The molecule has 0 N–H and O–H groups in total. The van der Waals surface area contributed by atoms with Crippen molar-refractivity contribution >= 4 is 47.2 Å². The van der Waals surface area contributed by atoms with E-state index >= 15 is 0 Å². The molecule has 5 rings (SSSR count). The highest BCUT2D eigenvalue weighted by atomic mass is 35.5. The number of anilines is 1. The molecule has 0 bridgehead atoms. The van der Waals surface area contributed by atoms with E-state index in [1.165, 1.54) is 22.7 Å². The Labute approximate surface area is 242 Å². The molecule has 0 spiro atoms. The van der Waals surface area contributed by atoms with Crippen LogP contribution in [0.1, 0.15) is 27.2 Å². The van der Waals surface area contributed by atoms with Gasteiger partial charge in [0.2, 0.25) is 0 Å². The summed E-state index contributed by atoms with van der Waals surface area (Å²) in [6, 6.07) is 21.2. The zero-order valence-corrected chi connectivity index (χ0v) is 23.1. The first-order chi connectivity index (χ1) is 19.4. The second-order valence-corrected chi connectivity index (χ2v) is 8.95. The minimum Gasteiger partial charge on any atom is -0.465 e. The summed E-state index contributed by atoms with van der Waals surface area (Å²) in [5.74, 6) is -0.691. The molecule has 9 nitrogen and oxygen atoms in total. The fourth-order valence-corrected chi connectivity index (χ4v) is 4.21. The Morgan fingerprint density at radius 1 is 1.00 bits per heavy atom. The van der Waals surface area contributed by atoms with Crippen molar-refractivity contribution in [2.45, 2.75) is 6.42 Å². The number of rotatable bonds is 7. The number of hydrogen-bond acceptors (Lipinski definition) is 7. The SMILES string of the molecule is COC(=O)c1ccc(/C=C/C(=O)N(C)c2cccc(-n3c(=O)c(Cc4cccnc4)nc4cccnc43)c2)cc1.Cl. The van der Waals surface area contributed by atoms with Crippen molar-refractivity contribution in [3.63, 3.8) is 0 Å². The quantitative estimate of drug-likeness (QED) is 0.208. The average Bonchev–Trinajstić information content (AvgIpc) is 3.00. The van der Waals surface area contributed by atoms with E-state index in [4.69, 9.17) is 4.74 Å². The van der Waals surface area contributed by atoms with Gasteiger partial charge >= 0.3 is 5.97 Å². The molecule has 3 aromatic heterocycles. The van der Waals surface area contributed by atoms with Crippen LogP contribution in [-0.2, 0) is 16.0 Å². The maximum Gasteiger partial charge on any atom is 0.337 e. The first-order valence-electron chi connectivity index (χ1n) is 12.4. The Balaban J connectivity index is 0.00000387. The van der Waals surface area contributed by atoms with Crippen LogP contribution in [0.25, 0.3) is 22.9 Å². The highest BCUT2D eigenvalue weighted by Gasteiger charge is 2.16. The Hall–Kier alpha value is -5.15. The normalized spacial score (nSPS) is 10.8. The van der Waals surface area contributed by atoms with Gasteiger partial charge in [-0.3, -0.25) is 19.1 Å². The lowest BCUT2D eigenvalue weighted by molar-refractivity contribution is -0.113. The van der Waals surface area contributed by atoms with Gasteiger partial charge in [-0.1, -0.05) is 24.3 Å². The number of carbonyl (C=O) groups is 2. The molecule has 5 aromatic rings. The van der Waals surface area contributed by atoms with Crippen molar-refractivity contribution in [3.8, 4) is 5.69 Å². The maximum atomic E-state index is 13.7. The third-order valence-electron chi connectivity index (χ3n) is 6.33. The summed E-state index contributed by atoms with van der Waals surface area (Å²) in [6.07, 6.45) is 8.43. The predicted molar refractivity (Wildman–Crippen MR) is 160 cm³/mol. The number of pyridine rings is 2. The molecule has 2 aromatic carbocycles. The summed E-state index contributed by atoms with van der Waals surface area (Å²) in [5, 5.41) is 0. The van der Waals surface area contributed by atoms with E-state index in [0.717, 1.165) is 11.1 Å². The van der Waals surface area contributed by atoms with E-state index in [0.29, 0.717) is 40.2 Å². The maximum absolute atomic E-state index is 13.7. The zero-order valence-electron chi connectivity index (χ0n) is 22.3. The number of amides is 1. The lowest BCUT2D eigenvalue weighted by Crippen LogP contribution is -2.27. The van der Waals surface area contributed by atoms with Crippen molar-refractivity contribution in [3.05, 3.63) is 130 Å². The summed E-state index contributed by atoms with van der Waals surface area (Å²) in [6.45, 7) is 0. The Morgan fingerprint density at radius 2 is 1.78 bits per heavy atom. The van der Waals surface area contributed by atoms with E-state index in [1.807, 2.05) is 18.2 Å². The zero-order chi connectivity index (χ0) is 28.1. The van der Waals surface area contributed by atoms with Crippen LogP contribution in [0.2, 0.25) is 0 Å². The van der Waals surface area contributed by atoms with E-state index < -0.39 is 5.97 Å². The van der Waals surface area contributed by atoms with Gasteiger partial charge in [0.25, 0.3) is 11.5 Å². The number of halogens is 1. The molecule has 1 amide bonds. The number of methoxy groups -OCH3 is 1. The van der Waals surface area contributed by atoms with Gasteiger partial charge in [0, 0.05) is 43.8 Å². The van der Waals surface area contributed by atoms with E-state index in [9.17, 15) is 14.4 Å². The highest BCUT2D eigenvalue weighted by Crippen LogP contribution is 2.21. The van der Waals surface area contributed by atoms with E-state index in [1.54, 1.807) is 86.3 Å². The van der Waals surface area contributed by atoms with E-state index in [-0.39, 0.29) is 23.9 Å². The monoisotopic (exact) mass is 567 g/mol. The lowest BCUT2D eigenvalue weighted by atomic mass is 10.1. The Bertz CT molecular complexity index is 1790. The molecule has 0 aliphatic carbocycles. The summed E-state index contributed by atoms with van der Waals surface area (Å²) in [4.78, 5) is 52.9. The fourth-order valence-electron chi connectivity index (χ4n) is 4.21. The summed E-state index contributed by atoms with van der Waals surface area (Å²) in [5.41, 5.74) is 4.27. The number of nitrogens with zero attached hydrogens (tertiary/aromatic N) is 5. The molecule has 0 atom stereocenters. The molecule has 3 heterocycles. The van der Waals surface area contributed by atoms with Crippen LogP contribution in [0.3, 0.4) is 0 Å². The van der Waals surface area contributed by atoms with Crippen molar-refractivity contribution in [1.29, 1.82) is 0 Å². The van der Waals surface area contributed by atoms with Gasteiger partial charge in [-0.25, -0.2) is 14.8 Å². The van der Waals surface area contributed by atoms with E-state index in [2.05, 4.69) is 15.0 Å². The third kappa shape index (κ3) is 6.37. The van der Waals surface area contributed by atoms with Gasteiger partial charge in [0.15, 0.2) is 5.65 Å². The number of ether oxygens (including phenoxy) is 1. The molecule has 0 fully saturated rings. The average molecular weight is 568 g/mol. The van der Waals surface area contributed by atoms with Crippen LogP contribution >= 0.6 is 12.4 Å². The van der Waals surface area contributed by atoms with Crippen LogP contribution in [0.5, 0.6) is 0 Å². The number of benzene rings is 2. The van der Waals surface area contributed by atoms with Gasteiger partial charge in [0.1, 0.15) is 11.2 Å². The van der Waals surface area contributed by atoms with Gasteiger partial charge < -0.3 is 9.64 Å². The molecular formula is C31H26ClN5O4. The van der Waals surface area contributed by atoms with Gasteiger partial charge in [-0.05, 0) is 65.7 Å². The molecular weight excluding hydrogens is 542 g/mol. The van der Waals surface area contributed by atoms with Crippen LogP contribution in [0.15, 0.2) is 102 Å². The minimum absolute atomic E-state index is 0. The smallest absolute Gasteiger partial charge is 0.337 e. The standard InChI is InChI=1S/C31H25N5O4.ClH/c1-35(28(37)15-12-21-10-13-23(14-11-21)31(39)40-2)24-7-3-8-25(19-24)36-29-26(9-5-17-33-29)34-27(30(36)38)18-22-6-4-16-32-20-22;/h3-17,19-20H,18H2,1-2H3;1H/b15-12+;. The summed E-state index contributed by atoms with van der Waals surface area (Å²) in [7, 11) is 2.98. The van der Waals surface area contributed by atoms with Crippen LogP contribution in [0, 0.1) is 0 Å². The van der Waals surface area contributed by atoms with Crippen LogP contribution < -0.4 is 10.5 Å². The van der Waals surface area contributed by atoms with Crippen molar-refractivity contribution < 1.29 is 14.3 Å². The second-order valence-electron chi connectivity index (χ2n) is 8.95. The van der Waals surface area contributed by atoms with Gasteiger partial charge in [-0.15, -0.1) is 12.4 Å². The largest absolute Gasteiger partial charge is 0.465 e. The molecule has 10 heteroatoms. The molecule has 0 saturated carbocycles. The van der Waals surface area contributed by atoms with Crippen LogP contribution in [0.4, 0.5) is 5.69 Å². The number of aromatic nitrogens is 4. The fraction of sp³-hybridized carbons (Fsp3) is 0.0968. The molecule has 0 saturated heterocycles. The van der Waals surface area contributed by atoms with Gasteiger partial charge in [0.05, 0.1) is 18.4 Å². The van der Waals surface area contributed by atoms with Crippen molar-refractivity contribution in [2.24, 2.45) is 0 Å². The first-order valence-corrected chi connectivity index (χ1v) is 12.4. The highest BCUT2D eigenvalue weighted by molar-refractivity contribution is 6.03. The Kier molecular flexibility index (Phi) is 9.01. The molecule has 0 radical (unpaired) electrons. The third-order valence-corrected chi connectivity index (χ3v) is 6.33. The molecule has 41 heavy (non-hydrogen) atoms. The van der Waals surface area contributed by atoms with Gasteiger partial charge in [-0.2, -0.15) is 0 Å². The number of carbonyl (C=O) groups excluding carboxylic acids is 2. The molecule has 0 aliphatic heterocycles. The van der Waals surface area contributed by atoms with Crippen molar-refractivity contribution in [1.82, 2.24) is 19.5 Å². The topological polar surface area (TPSA) is 107 Å². The minimum atomic E-state index is -0.424. The number of likely N-dealkylation sites (N-methyl/N-ethyl adjacent to an activating group) is 1. The van der Waals surface area contributed by atoms with Crippen molar-refractivity contribution in [2.75, 3.05) is 19.1 Å². The molecule has 0 unspecified atom stereocenters. The number of hydrogen-bond donors (Lipinski definition) is 0. The molecule has 206 valence electrons. The summed E-state index contributed by atoms with van der Waals surface area (Å²) >= 11 is 0. The first kappa shape index (κ1) is 28.8.